The summed E-state index contributed by atoms with van der Waals surface area (Å²) in [7, 11) is 1.40. The van der Waals surface area contributed by atoms with Crippen LogP contribution in [0.15, 0.2) is 54.6 Å². The maximum absolute atomic E-state index is 11.8. The highest BCUT2D eigenvalue weighted by Crippen LogP contribution is 2.22. The van der Waals surface area contributed by atoms with Crippen molar-refractivity contribution in [2.75, 3.05) is 7.11 Å². The van der Waals surface area contributed by atoms with E-state index < -0.39 is 0 Å². The van der Waals surface area contributed by atoms with E-state index in [1.54, 1.807) is 6.07 Å². The van der Waals surface area contributed by atoms with Crippen molar-refractivity contribution in [2.24, 2.45) is 0 Å². The zero-order chi connectivity index (χ0) is 13.9. The minimum absolute atomic E-state index is 0.305. The van der Waals surface area contributed by atoms with E-state index in [4.69, 9.17) is 4.74 Å². The Morgan fingerprint density at radius 3 is 2.65 bits per heavy atom. The highest BCUT2D eigenvalue weighted by molar-refractivity contribution is 6.03. The lowest BCUT2D eigenvalue weighted by Gasteiger charge is -1.99. The second-order valence-corrected chi connectivity index (χ2v) is 4.72. The highest BCUT2D eigenvalue weighted by Gasteiger charge is 2.12. The topological polar surface area (TPSA) is 42.1 Å². The van der Waals surface area contributed by atoms with Crippen molar-refractivity contribution in [3.8, 4) is 0 Å². The Morgan fingerprint density at radius 1 is 1.10 bits per heavy atom. The number of aromatic nitrogens is 1. The number of H-pyrrole nitrogens is 1. The molecule has 0 aliphatic heterocycles. The lowest BCUT2D eigenvalue weighted by atomic mass is 10.1. The molecule has 0 spiro atoms. The molecule has 0 saturated carbocycles. The van der Waals surface area contributed by atoms with Gasteiger partial charge in [0, 0.05) is 23.0 Å². The summed E-state index contributed by atoms with van der Waals surface area (Å²) < 4.78 is 4.82. The van der Waals surface area contributed by atoms with Gasteiger partial charge < -0.3 is 9.72 Å². The van der Waals surface area contributed by atoms with Crippen molar-refractivity contribution in [2.45, 2.75) is 6.42 Å². The van der Waals surface area contributed by atoms with Gasteiger partial charge in [0.05, 0.1) is 12.7 Å². The van der Waals surface area contributed by atoms with Crippen LogP contribution < -0.4 is 0 Å². The van der Waals surface area contributed by atoms with Crippen molar-refractivity contribution >= 4 is 16.9 Å². The summed E-state index contributed by atoms with van der Waals surface area (Å²) in [6.45, 7) is 0. The SMILES string of the molecule is COC(=O)c1cccc2[nH]c(Cc3ccccc3)cc12. The van der Waals surface area contributed by atoms with Gasteiger partial charge in [-0.3, -0.25) is 0 Å². The molecule has 3 rings (SSSR count). The Kier molecular flexibility index (Phi) is 3.25. The minimum Gasteiger partial charge on any atom is -0.465 e. The average Bonchev–Trinajstić information content (AvgIpc) is 2.89. The fraction of sp³-hybridized carbons (Fsp3) is 0.118. The second-order valence-electron chi connectivity index (χ2n) is 4.72. The van der Waals surface area contributed by atoms with Gasteiger partial charge in [-0.15, -0.1) is 0 Å². The Morgan fingerprint density at radius 2 is 1.90 bits per heavy atom. The number of ether oxygens (including phenoxy) is 1. The number of nitrogens with one attached hydrogen (secondary N) is 1. The van der Waals surface area contributed by atoms with Gasteiger partial charge in [-0.25, -0.2) is 4.79 Å². The van der Waals surface area contributed by atoms with E-state index >= 15 is 0 Å². The maximum atomic E-state index is 11.8. The summed E-state index contributed by atoms with van der Waals surface area (Å²) in [4.78, 5) is 15.1. The number of carbonyl (C=O) groups excluding carboxylic acids is 1. The van der Waals surface area contributed by atoms with E-state index in [2.05, 4.69) is 17.1 Å². The smallest absolute Gasteiger partial charge is 0.338 e. The largest absolute Gasteiger partial charge is 0.465 e. The Labute approximate surface area is 117 Å². The standard InChI is InChI=1S/C17H15NO2/c1-20-17(19)14-8-5-9-16-15(14)11-13(18-16)10-12-6-3-2-4-7-12/h2-9,11,18H,10H2,1H3. The van der Waals surface area contributed by atoms with Gasteiger partial charge in [-0.05, 0) is 23.8 Å². The van der Waals surface area contributed by atoms with E-state index in [1.807, 2.05) is 36.4 Å². The maximum Gasteiger partial charge on any atom is 0.338 e. The van der Waals surface area contributed by atoms with Crippen LogP contribution in [0, 0.1) is 0 Å². The van der Waals surface area contributed by atoms with Crippen molar-refractivity contribution < 1.29 is 9.53 Å². The van der Waals surface area contributed by atoms with E-state index in [0.29, 0.717) is 5.56 Å². The van der Waals surface area contributed by atoms with Crippen LogP contribution in [0.3, 0.4) is 0 Å². The van der Waals surface area contributed by atoms with E-state index in [0.717, 1.165) is 23.0 Å². The second kappa shape index (κ2) is 5.21. The van der Waals surface area contributed by atoms with Gasteiger partial charge in [-0.1, -0.05) is 36.4 Å². The summed E-state index contributed by atoms with van der Waals surface area (Å²) >= 11 is 0. The normalized spacial score (nSPS) is 10.7. The molecular formula is C17H15NO2. The van der Waals surface area contributed by atoms with Crippen molar-refractivity contribution in [3.05, 3.63) is 71.4 Å². The van der Waals surface area contributed by atoms with Gasteiger partial charge in [0.25, 0.3) is 0 Å². The average molecular weight is 265 g/mol. The highest BCUT2D eigenvalue weighted by atomic mass is 16.5. The lowest BCUT2D eigenvalue weighted by molar-refractivity contribution is 0.0603. The Hall–Kier alpha value is -2.55. The third-order valence-electron chi connectivity index (χ3n) is 3.36. The summed E-state index contributed by atoms with van der Waals surface area (Å²) in [6.07, 6.45) is 0.816. The summed E-state index contributed by atoms with van der Waals surface area (Å²) in [5.41, 5.74) is 3.88. The predicted molar refractivity (Wildman–Crippen MR) is 78.9 cm³/mol. The molecule has 100 valence electrons. The van der Waals surface area contributed by atoms with Crippen LogP contribution in [-0.4, -0.2) is 18.1 Å². The van der Waals surface area contributed by atoms with Crippen LogP contribution in [0.2, 0.25) is 0 Å². The molecule has 0 bridgehead atoms. The van der Waals surface area contributed by atoms with Gasteiger partial charge in [0.15, 0.2) is 0 Å². The number of hydrogen-bond donors (Lipinski definition) is 1. The molecule has 3 aromatic rings. The molecule has 0 aliphatic carbocycles. The van der Waals surface area contributed by atoms with Crippen LogP contribution >= 0.6 is 0 Å². The Bertz CT molecular complexity index is 744. The first kappa shape index (κ1) is 12.5. The van der Waals surface area contributed by atoms with Gasteiger partial charge in [0.2, 0.25) is 0 Å². The molecule has 0 saturated heterocycles. The molecular weight excluding hydrogens is 250 g/mol. The summed E-state index contributed by atoms with van der Waals surface area (Å²) in [5.74, 6) is -0.305. The quantitative estimate of drug-likeness (QED) is 0.736. The first-order valence-electron chi connectivity index (χ1n) is 6.51. The molecule has 0 unspecified atom stereocenters. The molecule has 20 heavy (non-hydrogen) atoms. The van der Waals surface area contributed by atoms with Crippen LogP contribution in [0.5, 0.6) is 0 Å². The molecule has 3 heteroatoms. The lowest BCUT2D eigenvalue weighted by Crippen LogP contribution is -2.00. The number of rotatable bonds is 3. The fourth-order valence-corrected chi connectivity index (χ4v) is 2.41. The third kappa shape index (κ3) is 2.30. The summed E-state index contributed by atoms with van der Waals surface area (Å²) in [5, 5.41) is 0.908. The molecule has 0 amide bonds. The van der Waals surface area contributed by atoms with Crippen LogP contribution in [0.1, 0.15) is 21.6 Å². The Balaban J connectivity index is 2.00. The van der Waals surface area contributed by atoms with Crippen molar-refractivity contribution in [3.63, 3.8) is 0 Å². The zero-order valence-electron chi connectivity index (χ0n) is 11.2. The van der Waals surface area contributed by atoms with E-state index in [1.165, 1.54) is 12.7 Å². The first-order chi connectivity index (χ1) is 9.78. The molecule has 1 aromatic heterocycles. The number of aromatic amines is 1. The monoisotopic (exact) mass is 265 g/mol. The van der Waals surface area contributed by atoms with Gasteiger partial charge in [0.1, 0.15) is 0 Å². The van der Waals surface area contributed by atoms with Gasteiger partial charge in [-0.2, -0.15) is 0 Å². The van der Waals surface area contributed by atoms with Crippen LogP contribution in [0.25, 0.3) is 10.9 Å². The molecule has 3 nitrogen and oxygen atoms in total. The van der Waals surface area contributed by atoms with Gasteiger partial charge >= 0.3 is 5.97 Å². The van der Waals surface area contributed by atoms with Crippen molar-refractivity contribution in [1.82, 2.24) is 4.98 Å². The number of methoxy groups -OCH3 is 1. The molecule has 0 aliphatic rings. The summed E-state index contributed by atoms with van der Waals surface area (Å²) in [6, 6.07) is 17.9. The first-order valence-corrected chi connectivity index (χ1v) is 6.51. The third-order valence-corrected chi connectivity index (χ3v) is 3.36. The number of benzene rings is 2. The number of hydrogen-bond acceptors (Lipinski definition) is 2. The number of carbonyl (C=O) groups is 1. The minimum atomic E-state index is -0.305. The molecule has 0 atom stereocenters. The predicted octanol–water partition coefficient (Wildman–Crippen LogP) is 3.55. The zero-order valence-corrected chi connectivity index (χ0v) is 11.2. The van der Waals surface area contributed by atoms with E-state index in [9.17, 15) is 4.79 Å². The van der Waals surface area contributed by atoms with Crippen molar-refractivity contribution in [1.29, 1.82) is 0 Å². The van der Waals surface area contributed by atoms with Crippen LogP contribution in [-0.2, 0) is 11.2 Å². The molecule has 0 radical (unpaired) electrons. The molecule has 0 fully saturated rings. The number of esters is 1. The molecule has 2 aromatic carbocycles. The molecule has 1 heterocycles. The fourth-order valence-electron chi connectivity index (χ4n) is 2.41. The number of fused-ring (bicyclic) bond motifs is 1. The van der Waals surface area contributed by atoms with Crippen LogP contribution in [0.4, 0.5) is 0 Å². The van der Waals surface area contributed by atoms with E-state index in [-0.39, 0.29) is 5.97 Å². The molecule has 1 N–H and O–H groups in total.